The molecule has 0 atom stereocenters. The second kappa shape index (κ2) is 15.6. The summed E-state index contributed by atoms with van der Waals surface area (Å²) in [6.07, 6.45) is 0. The number of nitriles is 2. The normalized spacial score (nSPS) is 11.9. The number of rotatable bonds is 6. The van der Waals surface area contributed by atoms with Crippen LogP contribution in [0, 0.1) is 35.8 Å². The van der Waals surface area contributed by atoms with Gasteiger partial charge in [0.15, 0.2) is 11.4 Å². The van der Waals surface area contributed by atoms with Crippen molar-refractivity contribution in [1.82, 2.24) is 9.13 Å². The summed E-state index contributed by atoms with van der Waals surface area (Å²) in [5.74, 6) is 0. The van der Waals surface area contributed by atoms with Crippen molar-refractivity contribution in [2.24, 2.45) is 0 Å². The Morgan fingerprint density at radius 3 is 1.07 bits per heavy atom. The molecular weight excluding hydrogens is 861 g/mol. The van der Waals surface area contributed by atoms with Gasteiger partial charge in [0.1, 0.15) is 0 Å². The molecule has 0 radical (unpaired) electrons. The molecule has 11 rings (SSSR count). The van der Waals surface area contributed by atoms with Gasteiger partial charge in [-0.15, -0.1) is 0 Å². The van der Waals surface area contributed by atoms with E-state index in [1.54, 1.807) is 0 Å². The molecule has 0 amide bonds. The van der Waals surface area contributed by atoms with E-state index in [9.17, 15) is 10.5 Å². The first-order valence-electron chi connectivity index (χ1n) is 22.8. The summed E-state index contributed by atoms with van der Waals surface area (Å²) in [6.45, 7) is 29.9. The van der Waals surface area contributed by atoms with E-state index in [2.05, 4.69) is 155 Å². The number of benzene rings is 9. The summed E-state index contributed by atoms with van der Waals surface area (Å²) in [5, 5.41) is 30.9. The third kappa shape index (κ3) is 6.70. The minimum absolute atomic E-state index is 0.554. The molecule has 0 spiro atoms. The zero-order valence-corrected chi connectivity index (χ0v) is 40.7. The number of hydrogen-bond donors (Lipinski definition) is 0. The number of hydrogen-bond acceptors (Lipinski definition) is 2. The molecule has 68 heavy (non-hydrogen) atoms. The first-order chi connectivity index (χ1) is 32.8. The highest BCUT2D eigenvalue weighted by Crippen LogP contribution is 2.47. The van der Waals surface area contributed by atoms with Crippen molar-refractivity contribution in [2.45, 2.75) is 39.3 Å². The summed E-state index contributed by atoms with van der Waals surface area (Å²) in [6, 6.07) is 60.1. The summed E-state index contributed by atoms with van der Waals surface area (Å²) < 4.78 is 4.54. The van der Waals surface area contributed by atoms with Crippen molar-refractivity contribution in [2.75, 3.05) is 0 Å². The van der Waals surface area contributed by atoms with E-state index >= 15 is 0 Å². The van der Waals surface area contributed by atoms with E-state index in [1.165, 1.54) is 10.4 Å². The van der Waals surface area contributed by atoms with Gasteiger partial charge in [-0.1, -0.05) is 122 Å². The van der Waals surface area contributed by atoms with Gasteiger partial charge in [0.2, 0.25) is 0 Å². The Bertz CT molecular complexity index is 3720. The number of nitrogens with zero attached hydrogens (tertiary/aromatic N) is 6. The third-order valence-corrected chi connectivity index (χ3v) is 17.8. The maximum atomic E-state index is 9.95. The smallest absolute Gasteiger partial charge is 0.188 e. The third-order valence-electron chi connectivity index (χ3n) is 13.7. The van der Waals surface area contributed by atoms with Crippen molar-refractivity contribution >= 4 is 103 Å². The Balaban J connectivity index is 1.27. The lowest BCUT2D eigenvalue weighted by Gasteiger charge is -2.22. The molecule has 0 unspecified atom stereocenters. The molecule has 322 valence electrons. The summed E-state index contributed by atoms with van der Waals surface area (Å²) in [5.41, 5.74) is 12.6. The quantitative estimate of drug-likeness (QED) is 0.0948. The highest BCUT2D eigenvalue weighted by atomic mass is 28.3. The zero-order chi connectivity index (χ0) is 47.2. The van der Waals surface area contributed by atoms with E-state index in [0.717, 1.165) is 98.8 Å². The Morgan fingerprint density at radius 1 is 0.382 bits per heavy atom. The molecular formula is C60H44N6Si2. The van der Waals surface area contributed by atoms with Gasteiger partial charge >= 0.3 is 0 Å². The average molecular weight is 905 g/mol. The van der Waals surface area contributed by atoms with Gasteiger partial charge in [0, 0.05) is 22.1 Å². The molecule has 11 aromatic rings. The van der Waals surface area contributed by atoms with Gasteiger partial charge in [0.25, 0.3) is 0 Å². The van der Waals surface area contributed by atoms with Crippen LogP contribution >= 0.6 is 0 Å². The highest BCUT2D eigenvalue weighted by Gasteiger charge is 2.24. The number of aromatic nitrogens is 2. The second-order valence-electron chi connectivity index (χ2n) is 19.8. The van der Waals surface area contributed by atoms with Crippen LogP contribution < -0.4 is 10.4 Å². The lowest BCUT2D eigenvalue weighted by atomic mass is 9.85. The molecule has 6 nitrogen and oxygen atoms in total. The fraction of sp³-hybridized carbons (Fsp3) is 0.100. The van der Waals surface area contributed by atoms with E-state index < -0.39 is 16.1 Å². The van der Waals surface area contributed by atoms with Crippen molar-refractivity contribution in [1.29, 1.82) is 10.5 Å². The maximum Gasteiger partial charge on any atom is 0.188 e. The van der Waals surface area contributed by atoms with Crippen LogP contribution in [0.3, 0.4) is 0 Å². The second-order valence-corrected chi connectivity index (χ2v) is 30.0. The van der Waals surface area contributed by atoms with Crippen molar-refractivity contribution < 1.29 is 0 Å². The Labute approximate surface area is 397 Å². The predicted molar refractivity (Wildman–Crippen MR) is 289 cm³/mol. The van der Waals surface area contributed by atoms with Gasteiger partial charge in [-0.25, -0.2) is 9.69 Å². The average Bonchev–Trinajstić information content (AvgIpc) is 3.85. The topological polar surface area (TPSA) is 66.2 Å². The largest absolute Gasteiger partial charge is 0.309 e. The highest BCUT2D eigenvalue weighted by molar-refractivity contribution is 6.89. The van der Waals surface area contributed by atoms with Gasteiger partial charge in [-0.3, -0.25) is 0 Å². The Kier molecular flexibility index (Phi) is 9.64. The molecule has 9 aromatic carbocycles. The molecule has 2 aromatic heterocycles. The molecule has 0 fully saturated rings. The molecule has 0 saturated carbocycles. The van der Waals surface area contributed by atoms with E-state index in [0.29, 0.717) is 22.5 Å². The van der Waals surface area contributed by atoms with Crippen LogP contribution in [0.1, 0.15) is 11.1 Å². The summed E-state index contributed by atoms with van der Waals surface area (Å²) in [7, 11) is -3.24. The van der Waals surface area contributed by atoms with Gasteiger partial charge in [-0.05, 0) is 140 Å². The molecule has 2 heterocycles. The van der Waals surface area contributed by atoms with Gasteiger partial charge < -0.3 is 9.13 Å². The zero-order valence-electron chi connectivity index (χ0n) is 38.7. The minimum atomic E-state index is -1.62. The van der Waals surface area contributed by atoms with Crippen LogP contribution in [0.15, 0.2) is 158 Å². The van der Waals surface area contributed by atoms with Gasteiger partial charge in [0.05, 0.1) is 74.6 Å². The fourth-order valence-corrected chi connectivity index (χ4v) is 12.6. The fourth-order valence-electron chi connectivity index (χ4n) is 10.2. The lowest BCUT2D eigenvalue weighted by molar-refractivity contribution is 1.18. The van der Waals surface area contributed by atoms with Crippen LogP contribution in [-0.4, -0.2) is 25.3 Å². The van der Waals surface area contributed by atoms with Crippen LogP contribution in [0.25, 0.3) is 108 Å². The number of fused-ring (bicyclic) bond motifs is 8. The maximum absolute atomic E-state index is 9.95. The van der Waals surface area contributed by atoms with Crippen LogP contribution in [0.5, 0.6) is 0 Å². The summed E-state index contributed by atoms with van der Waals surface area (Å²) >= 11 is 0. The molecule has 0 N–H and O–H groups in total. The molecule has 0 aliphatic rings. The van der Waals surface area contributed by atoms with E-state index in [-0.39, 0.29) is 0 Å². The van der Waals surface area contributed by atoms with Crippen molar-refractivity contribution in [3.05, 3.63) is 192 Å². The van der Waals surface area contributed by atoms with Gasteiger partial charge in [-0.2, -0.15) is 10.5 Å². The van der Waals surface area contributed by atoms with E-state index in [1.807, 2.05) is 72.8 Å². The van der Waals surface area contributed by atoms with Crippen molar-refractivity contribution in [3.8, 4) is 45.8 Å². The molecule has 8 heteroatoms. The minimum Gasteiger partial charge on any atom is -0.309 e. The Hall–Kier alpha value is -8.51. The molecule has 0 aliphatic carbocycles. The standard InChI is InChI=1S/C60H44N6Si2/c1-63-41-15-27-57-51(31-41)49-29-37(35-61)9-25-55(49)65(57)43-17-23-47-53(33-43)59(39-11-19-45(20-12-39)67(3,4)5)48-24-18-44(34-54(48)60(47)40-13-21-46(22-14-40)68(6,7)8)66-56-26-10-38(36-62)30-50(56)52-32-42(64-2)16-28-58(52)66/h9-34H,3-8H3. The monoisotopic (exact) mass is 904 g/mol. The Morgan fingerprint density at radius 2 is 0.735 bits per heavy atom. The summed E-state index contributed by atoms with van der Waals surface area (Å²) in [4.78, 5) is 7.54. The molecule has 0 saturated heterocycles. The first-order valence-corrected chi connectivity index (χ1v) is 29.8. The molecule has 0 aliphatic heterocycles. The van der Waals surface area contributed by atoms with E-state index in [4.69, 9.17) is 13.1 Å². The SMILES string of the molecule is [C-]#[N+]c1ccc2c(c1)c1cc(C#N)ccc1n2-c1ccc2c(-c3ccc([Si](C)(C)C)cc3)c3cc(-n4c5ccc(C#N)cc5c5cc([N+]#[C-])ccc54)ccc3c(-c3ccc([Si](C)(C)C)cc3)c2c1. The molecule has 0 bridgehead atoms. The van der Waals surface area contributed by atoms with Crippen molar-refractivity contribution in [3.63, 3.8) is 0 Å². The first kappa shape index (κ1) is 42.2. The van der Waals surface area contributed by atoms with Crippen LogP contribution in [0.4, 0.5) is 11.4 Å². The van der Waals surface area contributed by atoms with Crippen LogP contribution in [0.2, 0.25) is 39.3 Å². The predicted octanol–water partition coefficient (Wildman–Crippen LogP) is 15.5. The lowest BCUT2D eigenvalue weighted by Crippen LogP contribution is -2.37. The van der Waals surface area contributed by atoms with Crippen LogP contribution in [-0.2, 0) is 0 Å².